The Balaban J connectivity index is 1.74. The van der Waals surface area contributed by atoms with E-state index < -0.39 is 0 Å². The fraction of sp³-hybridized carbons (Fsp3) is 0.0370. The SMILES string of the molecule is C1=CCC(c2cccc3cc4ccc5cc6ccccc6cc5c4cc23)=C1. The van der Waals surface area contributed by atoms with Crippen molar-refractivity contribution in [1.29, 1.82) is 0 Å². The minimum absolute atomic E-state index is 1.03. The van der Waals surface area contributed by atoms with Crippen molar-refractivity contribution in [1.82, 2.24) is 0 Å². The lowest BCUT2D eigenvalue weighted by molar-refractivity contribution is 1.45. The van der Waals surface area contributed by atoms with Crippen molar-refractivity contribution in [2.75, 3.05) is 0 Å². The Hall–Kier alpha value is -3.38. The molecule has 0 N–H and O–H groups in total. The highest BCUT2D eigenvalue weighted by Crippen LogP contribution is 2.36. The summed E-state index contributed by atoms with van der Waals surface area (Å²) in [5.41, 5.74) is 2.77. The van der Waals surface area contributed by atoms with Gasteiger partial charge in [0, 0.05) is 0 Å². The van der Waals surface area contributed by atoms with Gasteiger partial charge in [0.2, 0.25) is 0 Å². The van der Waals surface area contributed by atoms with Crippen LogP contribution < -0.4 is 0 Å². The van der Waals surface area contributed by atoms with Crippen LogP contribution in [0.1, 0.15) is 12.0 Å². The van der Waals surface area contributed by atoms with Gasteiger partial charge in [-0.1, -0.05) is 72.8 Å². The number of hydrogen-bond donors (Lipinski definition) is 0. The maximum absolute atomic E-state index is 2.40. The van der Waals surface area contributed by atoms with Crippen molar-refractivity contribution in [3.8, 4) is 0 Å². The van der Waals surface area contributed by atoms with Crippen molar-refractivity contribution in [2.45, 2.75) is 6.42 Å². The van der Waals surface area contributed by atoms with Gasteiger partial charge in [-0.3, -0.25) is 0 Å². The van der Waals surface area contributed by atoms with Crippen molar-refractivity contribution in [3.05, 3.63) is 103 Å². The summed E-state index contributed by atoms with van der Waals surface area (Å²) in [5.74, 6) is 0. The molecule has 0 fully saturated rings. The fourth-order valence-corrected chi connectivity index (χ4v) is 4.45. The third-order valence-electron chi connectivity index (χ3n) is 5.82. The van der Waals surface area contributed by atoms with E-state index in [9.17, 15) is 0 Å². The molecule has 0 atom stereocenters. The second-order valence-corrected chi connectivity index (χ2v) is 7.41. The monoisotopic (exact) mass is 342 g/mol. The average Bonchev–Trinajstić information content (AvgIpc) is 3.25. The molecule has 0 nitrogen and oxygen atoms in total. The normalized spacial score (nSPS) is 13.9. The smallest absolute Gasteiger partial charge is 0.00882 e. The highest BCUT2D eigenvalue weighted by molar-refractivity contribution is 6.16. The highest BCUT2D eigenvalue weighted by atomic mass is 14.1. The van der Waals surface area contributed by atoms with Crippen molar-refractivity contribution in [2.24, 2.45) is 0 Å². The van der Waals surface area contributed by atoms with Gasteiger partial charge in [0.25, 0.3) is 0 Å². The molecule has 126 valence electrons. The first-order valence-corrected chi connectivity index (χ1v) is 9.51. The molecule has 0 aliphatic heterocycles. The van der Waals surface area contributed by atoms with E-state index >= 15 is 0 Å². The molecule has 0 saturated carbocycles. The maximum Gasteiger partial charge on any atom is -0.00882 e. The third-order valence-corrected chi connectivity index (χ3v) is 5.82. The maximum atomic E-state index is 2.40. The molecule has 0 bridgehead atoms. The number of allylic oxidation sites excluding steroid dienone is 4. The second kappa shape index (κ2) is 5.56. The first kappa shape index (κ1) is 14.8. The van der Waals surface area contributed by atoms with Crippen LogP contribution in [0, 0.1) is 0 Å². The summed E-state index contributed by atoms with van der Waals surface area (Å²) < 4.78 is 0. The predicted octanol–water partition coefficient (Wildman–Crippen LogP) is 7.64. The predicted molar refractivity (Wildman–Crippen MR) is 118 cm³/mol. The van der Waals surface area contributed by atoms with Crippen LogP contribution in [0.4, 0.5) is 0 Å². The minimum Gasteiger partial charge on any atom is -0.0801 e. The topological polar surface area (TPSA) is 0 Å². The van der Waals surface area contributed by atoms with Gasteiger partial charge in [-0.2, -0.15) is 0 Å². The van der Waals surface area contributed by atoms with E-state index in [2.05, 4.69) is 97.1 Å². The van der Waals surface area contributed by atoms with Crippen molar-refractivity contribution in [3.63, 3.8) is 0 Å². The first-order chi connectivity index (χ1) is 13.4. The number of rotatable bonds is 1. The Morgan fingerprint density at radius 1 is 0.519 bits per heavy atom. The lowest BCUT2D eigenvalue weighted by Crippen LogP contribution is -1.86. The molecule has 0 heterocycles. The Morgan fingerprint density at radius 3 is 1.96 bits per heavy atom. The van der Waals surface area contributed by atoms with E-state index in [0.29, 0.717) is 0 Å². The summed E-state index contributed by atoms with van der Waals surface area (Å²) in [6.07, 6.45) is 7.67. The Bertz CT molecular complexity index is 1430. The molecule has 5 aromatic carbocycles. The van der Waals surface area contributed by atoms with Gasteiger partial charge in [-0.25, -0.2) is 0 Å². The van der Waals surface area contributed by atoms with Crippen LogP contribution in [0.2, 0.25) is 0 Å². The van der Waals surface area contributed by atoms with Crippen LogP contribution in [0.5, 0.6) is 0 Å². The summed E-state index contributed by atoms with van der Waals surface area (Å²) in [4.78, 5) is 0. The quantitative estimate of drug-likeness (QED) is 0.217. The number of hydrogen-bond acceptors (Lipinski definition) is 0. The zero-order valence-corrected chi connectivity index (χ0v) is 14.9. The van der Waals surface area contributed by atoms with Gasteiger partial charge in [-0.05, 0) is 84.9 Å². The standard InChI is InChI=1S/C27H18/c1-2-7-18(6-1)24-11-5-10-21-15-23-13-12-22-14-19-8-3-4-9-20(19)16-25(22)27(23)17-26(21)24/h1-6,8-17H,7H2. The van der Waals surface area contributed by atoms with Crippen LogP contribution in [0.3, 0.4) is 0 Å². The summed E-state index contributed by atoms with van der Waals surface area (Å²) in [7, 11) is 0. The Kier molecular flexibility index (Phi) is 3.04. The molecule has 0 aromatic heterocycles. The summed E-state index contributed by atoms with van der Waals surface area (Å²) in [6.45, 7) is 0. The molecular formula is C27H18. The molecule has 27 heavy (non-hydrogen) atoms. The average molecular weight is 342 g/mol. The molecule has 0 unspecified atom stereocenters. The Labute approximate surface area is 158 Å². The van der Waals surface area contributed by atoms with Crippen LogP contribution in [-0.2, 0) is 0 Å². The van der Waals surface area contributed by atoms with Crippen LogP contribution in [-0.4, -0.2) is 0 Å². The van der Waals surface area contributed by atoms with Gasteiger partial charge in [0.05, 0.1) is 0 Å². The summed E-state index contributed by atoms with van der Waals surface area (Å²) in [5, 5.41) is 10.5. The number of benzene rings is 5. The summed E-state index contributed by atoms with van der Waals surface area (Å²) in [6, 6.07) is 29.2. The zero-order chi connectivity index (χ0) is 17.8. The lowest BCUT2D eigenvalue weighted by Gasteiger charge is -2.12. The van der Waals surface area contributed by atoms with Crippen LogP contribution in [0.15, 0.2) is 97.1 Å². The molecule has 5 aromatic rings. The molecule has 0 heteroatoms. The largest absolute Gasteiger partial charge is 0.0801 e. The first-order valence-electron chi connectivity index (χ1n) is 9.51. The molecular weight excluding hydrogens is 324 g/mol. The van der Waals surface area contributed by atoms with E-state index in [0.717, 1.165) is 6.42 Å². The lowest BCUT2D eigenvalue weighted by atomic mass is 9.92. The van der Waals surface area contributed by atoms with Gasteiger partial charge < -0.3 is 0 Å². The van der Waals surface area contributed by atoms with E-state index in [1.807, 2.05) is 0 Å². The van der Waals surface area contributed by atoms with Crippen LogP contribution >= 0.6 is 0 Å². The molecule has 0 amide bonds. The van der Waals surface area contributed by atoms with Crippen LogP contribution in [0.25, 0.3) is 48.7 Å². The van der Waals surface area contributed by atoms with Crippen molar-refractivity contribution >= 4 is 48.7 Å². The molecule has 1 aliphatic rings. The van der Waals surface area contributed by atoms with Gasteiger partial charge in [0.1, 0.15) is 0 Å². The highest BCUT2D eigenvalue weighted by Gasteiger charge is 2.10. The van der Waals surface area contributed by atoms with Gasteiger partial charge >= 0.3 is 0 Å². The molecule has 0 spiro atoms. The van der Waals surface area contributed by atoms with E-state index in [4.69, 9.17) is 0 Å². The molecule has 6 rings (SSSR count). The van der Waals surface area contributed by atoms with E-state index in [-0.39, 0.29) is 0 Å². The molecule has 1 aliphatic carbocycles. The van der Waals surface area contributed by atoms with Gasteiger partial charge in [-0.15, -0.1) is 0 Å². The second-order valence-electron chi connectivity index (χ2n) is 7.41. The van der Waals surface area contributed by atoms with E-state index in [1.165, 1.54) is 54.2 Å². The molecule has 0 saturated heterocycles. The van der Waals surface area contributed by atoms with E-state index in [1.54, 1.807) is 0 Å². The number of fused-ring (bicyclic) bond motifs is 5. The zero-order valence-electron chi connectivity index (χ0n) is 14.9. The van der Waals surface area contributed by atoms with Crippen molar-refractivity contribution < 1.29 is 0 Å². The Morgan fingerprint density at radius 2 is 1.19 bits per heavy atom. The minimum atomic E-state index is 1.03. The summed E-state index contributed by atoms with van der Waals surface area (Å²) >= 11 is 0. The molecule has 0 radical (unpaired) electrons. The fourth-order valence-electron chi connectivity index (χ4n) is 4.45. The van der Waals surface area contributed by atoms with Gasteiger partial charge in [0.15, 0.2) is 0 Å². The third kappa shape index (κ3) is 2.23.